The van der Waals surface area contributed by atoms with Crippen molar-refractivity contribution in [3.8, 4) is 0 Å². The van der Waals surface area contributed by atoms with E-state index in [1.807, 2.05) is 12.1 Å². The molecule has 49 heavy (non-hydrogen) atoms. The van der Waals surface area contributed by atoms with E-state index >= 15 is 0 Å². The largest absolute Gasteiger partial charge is 0.465 e. The van der Waals surface area contributed by atoms with Crippen molar-refractivity contribution in [1.29, 1.82) is 0 Å². The van der Waals surface area contributed by atoms with E-state index in [-0.39, 0.29) is 39.0 Å². The predicted octanol–water partition coefficient (Wildman–Crippen LogP) is 8.60. The van der Waals surface area contributed by atoms with Crippen molar-refractivity contribution in [3.63, 3.8) is 0 Å². The van der Waals surface area contributed by atoms with Gasteiger partial charge < -0.3 is 20.1 Å². The first kappa shape index (κ1) is 35.7. The number of amides is 2. The summed E-state index contributed by atoms with van der Waals surface area (Å²) in [6.45, 7) is 20.2. The van der Waals surface area contributed by atoms with Crippen molar-refractivity contribution in [2.24, 2.45) is 56.7 Å². The predicted molar refractivity (Wildman–Crippen MR) is 194 cm³/mol. The van der Waals surface area contributed by atoms with Crippen LogP contribution >= 0.6 is 0 Å². The minimum absolute atomic E-state index is 0.00209. The monoisotopic (exact) mass is 672 g/mol. The lowest BCUT2D eigenvalue weighted by Gasteiger charge is -2.72. The van der Waals surface area contributed by atoms with E-state index in [0.29, 0.717) is 48.2 Å². The van der Waals surface area contributed by atoms with Gasteiger partial charge in [0.05, 0.1) is 25.2 Å². The number of fused-ring (bicyclic) bond motifs is 7. The highest BCUT2D eigenvalue weighted by atomic mass is 16.5. The van der Waals surface area contributed by atoms with Gasteiger partial charge in [-0.3, -0.25) is 4.79 Å². The SMILES string of the molecule is C=C(C)[C@@H]1CC[C@]2(C(=O)NCCNC(=O)OC)CC[C@]3(C)[C@H](CC[C@@H]4[C@@]5(C)CC=C(c6ccc(C(=O)OC)cc6)C(C)(C)[C@@H]5CC[C@]43C)[C@@H]12. The Morgan fingerprint density at radius 3 is 2.16 bits per heavy atom. The quantitative estimate of drug-likeness (QED) is 0.172. The van der Waals surface area contributed by atoms with Crippen LogP contribution in [0.2, 0.25) is 0 Å². The van der Waals surface area contributed by atoms with Crippen LogP contribution in [0.3, 0.4) is 0 Å². The second kappa shape index (κ2) is 12.6. The average Bonchev–Trinajstić information content (AvgIpc) is 3.48. The molecular formula is C42H60N2O5. The Morgan fingerprint density at radius 1 is 0.816 bits per heavy atom. The Kier molecular flexibility index (Phi) is 9.18. The fraction of sp³-hybridized carbons (Fsp3) is 0.690. The summed E-state index contributed by atoms with van der Waals surface area (Å²) >= 11 is 0. The zero-order valence-electron chi connectivity index (χ0n) is 31.3. The Balaban J connectivity index is 1.29. The molecule has 0 heterocycles. The summed E-state index contributed by atoms with van der Waals surface area (Å²) in [5, 5.41) is 5.94. The number of carbonyl (C=O) groups excluding carboxylic acids is 3. The van der Waals surface area contributed by atoms with Crippen LogP contribution in [0, 0.1) is 56.7 Å². The molecule has 7 nitrogen and oxygen atoms in total. The van der Waals surface area contributed by atoms with Crippen LogP contribution in [-0.4, -0.2) is 45.3 Å². The van der Waals surface area contributed by atoms with Crippen LogP contribution in [0.5, 0.6) is 0 Å². The lowest BCUT2D eigenvalue weighted by molar-refractivity contribution is -0.225. The molecule has 0 bridgehead atoms. The molecule has 6 rings (SSSR count). The lowest BCUT2D eigenvalue weighted by Crippen LogP contribution is -2.66. The van der Waals surface area contributed by atoms with Crippen LogP contribution in [0.4, 0.5) is 4.79 Å². The first-order valence-electron chi connectivity index (χ1n) is 18.8. The van der Waals surface area contributed by atoms with E-state index in [1.54, 1.807) is 0 Å². The minimum Gasteiger partial charge on any atom is -0.465 e. The zero-order chi connectivity index (χ0) is 35.6. The molecule has 1 aromatic carbocycles. The number of rotatable bonds is 7. The standard InChI is InChI=1S/C42H60N2O5/c1-26(2)29-16-21-42(36(46)43-24-25-44-37(47)49-9)23-22-40(6)31(34(29)42)14-15-33-39(5)19-17-30(27-10-12-28(13-11-27)35(45)48-8)38(3,4)32(39)18-20-41(33,40)7/h10-13,17,29,31-34H,1,14-16,18-25H2,2-9H3,(H,43,46)(H,44,47)/t29-,31+,32-,33+,34+,39-,40+,41+,42-/m0/s1. The number of ether oxygens (including phenoxy) is 2. The molecular weight excluding hydrogens is 612 g/mol. The van der Waals surface area contributed by atoms with Gasteiger partial charge in [-0.2, -0.15) is 0 Å². The van der Waals surface area contributed by atoms with E-state index in [9.17, 15) is 14.4 Å². The number of benzene rings is 1. The minimum atomic E-state index is -0.474. The summed E-state index contributed by atoms with van der Waals surface area (Å²) in [6, 6.07) is 7.99. The maximum atomic E-state index is 14.2. The number of allylic oxidation sites excluding steroid dienone is 3. The molecule has 7 heteroatoms. The molecule has 0 saturated heterocycles. The number of hydrogen-bond acceptors (Lipinski definition) is 5. The van der Waals surface area contributed by atoms with Crippen LogP contribution in [0.25, 0.3) is 5.57 Å². The van der Waals surface area contributed by atoms with E-state index < -0.39 is 6.09 Å². The van der Waals surface area contributed by atoms with E-state index in [0.717, 1.165) is 32.1 Å². The van der Waals surface area contributed by atoms with Gasteiger partial charge in [-0.1, -0.05) is 65.0 Å². The Bertz CT molecular complexity index is 1530. The molecule has 2 N–H and O–H groups in total. The number of alkyl carbamates (subject to hydrolysis) is 1. The first-order chi connectivity index (χ1) is 23.1. The van der Waals surface area contributed by atoms with E-state index in [4.69, 9.17) is 9.47 Å². The number of carbonyl (C=O) groups is 3. The maximum absolute atomic E-state index is 14.2. The normalized spacial score (nSPS) is 38.8. The summed E-state index contributed by atoms with van der Waals surface area (Å²) in [5.74, 6) is 2.16. The van der Waals surface area contributed by atoms with Gasteiger partial charge in [0.25, 0.3) is 0 Å². The molecule has 0 spiro atoms. The molecule has 9 atom stereocenters. The second-order valence-electron chi connectivity index (χ2n) is 17.6. The summed E-state index contributed by atoms with van der Waals surface area (Å²) in [5.41, 5.74) is 4.55. The van der Waals surface area contributed by atoms with Gasteiger partial charge in [-0.25, -0.2) is 9.59 Å². The third kappa shape index (κ3) is 5.30. The molecule has 1 aromatic rings. The van der Waals surface area contributed by atoms with Crippen molar-refractivity contribution < 1.29 is 23.9 Å². The topological polar surface area (TPSA) is 93.7 Å². The Morgan fingerprint density at radius 2 is 1.51 bits per heavy atom. The average molecular weight is 673 g/mol. The Hall–Kier alpha value is -3.09. The van der Waals surface area contributed by atoms with Gasteiger partial charge in [0.2, 0.25) is 5.91 Å². The van der Waals surface area contributed by atoms with Gasteiger partial charge in [0.15, 0.2) is 0 Å². The molecule has 2 amide bonds. The van der Waals surface area contributed by atoms with E-state index in [1.165, 1.54) is 56.6 Å². The highest BCUT2D eigenvalue weighted by Crippen LogP contribution is 2.77. The van der Waals surface area contributed by atoms with Gasteiger partial charge in [0, 0.05) is 13.1 Å². The fourth-order valence-electron chi connectivity index (χ4n) is 13.1. The number of esters is 1. The third-order valence-electron chi connectivity index (χ3n) is 15.6. The molecule has 0 unspecified atom stereocenters. The Labute approximate surface area is 294 Å². The smallest absolute Gasteiger partial charge is 0.406 e. The van der Waals surface area contributed by atoms with Gasteiger partial charge >= 0.3 is 12.1 Å². The number of nitrogens with one attached hydrogen (secondary N) is 2. The van der Waals surface area contributed by atoms with E-state index in [2.05, 4.69) is 77.0 Å². The lowest BCUT2D eigenvalue weighted by atomic mass is 9.32. The summed E-state index contributed by atoms with van der Waals surface area (Å²) in [4.78, 5) is 37.9. The van der Waals surface area contributed by atoms with Crippen molar-refractivity contribution in [3.05, 3.63) is 53.6 Å². The van der Waals surface area contributed by atoms with Gasteiger partial charge in [-0.15, -0.1) is 0 Å². The summed E-state index contributed by atoms with van der Waals surface area (Å²) in [7, 11) is 2.78. The fourth-order valence-corrected chi connectivity index (χ4v) is 13.1. The third-order valence-corrected chi connectivity index (χ3v) is 15.6. The van der Waals surface area contributed by atoms with Gasteiger partial charge in [-0.05, 0) is 139 Å². The molecule has 4 saturated carbocycles. The molecule has 5 aliphatic rings. The van der Waals surface area contributed by atoms with Crippen LogP contribution in [0.15, 0.2) is 42.5 Å². The molecule has 0 aliphatic heterocycles. The highest BCUT2D eigenvalue weighted by molar-refractivity contribution is 5.90. The molecule has 0 radical (unpaired) electrons. The van der Waals surface area contributed by atoms with Crippen LogP contribution < -0.4 is 10.6 Å². The summed E-state index contributed by atoms with van der Waals surface area (Å²) < 4.78 is 9.65. The van der Waals surface area contributed by atoms with Crippen molar-refractivity contribution in [2.75, 3.05) is 27.3 Å². The van der Waals surface area contributed by atoms with Crippen molar-refractivity contribution in [2.45, 2.75) is 99.3 Å². The first-order valence-corrected chi connectivity index (χ1v) is 18.8. The van der Waals surface area contributed by atoms with Gasteiger partial charge in [0.1, 0.15) is 0 Å². The summed E-state index contributed by atoms with van der Waals surface area (Å²) in [6.07, 6.45) is 11.9. The zero-order valence-corrected chi connectivity index (χ0v) is 31.3. The molecule has 4 fully saturated rings. The number of hydrogen-bond donors (Lipinski definition) is 2. The molecule has 268 valence electrons. The van der Waals surface area contributed by atoms with Crippen molar-refractivity contribution in [1.82, 2.24) is 10.6 Å². The molecule has 0 aromatic heterocycles. The van der Waals surface area contributed by atoms with Crippen LogP contribution in [-0.2, 0) is 14.3 Å². The van der Waals surface area contributed by atoms with Crippen molar-refractivity contribution >= 4 is 23.5 Å². The highest BCUT2D eigenvalue weighted by Gasteiger charge is 2.71. The molecule has 5 aliphatic carbocycles. The maximum Gasteiger partial charge on any atom is 0.406 e. The second-order valence-corrected chi connectivity index (χ2v) is 17.6. The number of methoxy groups -OCH3 is 2. The van der Waals surface area contributed by atoms with Crippen LogP contribution in [0.1, 0.15) is 115 Å².